The predicted molar refractivity (Wildman–Crippen MR) is 98.9 cm³/mol. The van der Waals surface area contributed by atoms with Crippen LogP contribution in [0.5, 0.6) is 0 Å². The molecule has 0 bridgehead atoms. The third-order valence-corrected chi connectivity index (χ3v) is 3.94. The zero-order valence-electron chi connectivity index (χ0n) is 13.1. The van der Waals surface area contributed by atoms with E-state index in [0.717, 1.165) is 11.1 Å². The van der Waals surface area contributed by atoms with E-state index in [0.29, 0.717) is 22.5 Å². The van der Waals surface area contributed by atoms with Crippen LogP contribution in [0.25, 0.3) is 11.4 Å². The van der Waals surface area contributed by atoms with Crippen molar-refractivity contribution in [2.24, 2.45) is 5.10 Å². The Kier molecular flexibility index (Phi) is 4.18. The fourth-order valence-electron chi connectivity index (χ4n) is 2.49. The summed E-state index contributed by atoms with van der Waals surface area (Å²) in [5, 5.41) is 13.4. The van der Waals surface area contributed by atoms with Crippen LogP contribution in [-0.4, -0.2) is 20.6 Å². The largest absolute Gasteiger partial charge is 0.463 e. The van der Waals surface area contributed by atoms with Gasteiger partial charge in [-0.15, -0.1) is 22.8 Å². The predicted octanol–water partition coefficient (Wildman–Crippen LogP) is 4.13. The fraction of sp³-hybridized carbons (Fsp3) is 0. The van der Waals surface area contributed by atoms with Gasteiger partial charge in [0.2, 0.25) is 5.16 Å². The summed E-state index contributed by atoms with van der Waals surface area (Å²) in [6.45, 7) is 0. The van der Waals surface area contributed by atoms with Crippen molar-refractivity contribution in [1.82, 2.24) is 14.9 Å². The first-order valence-electron chi connectivity index (χ1n) is 7.71. The monoisotopic (exact) mass is 346 g/mol. The highest BCUT2D eigenvalue weighted by Gasteiger charge is 2.15. The van der Waals surface area contributed by atoms with Crippen LogP contribution in [0.2, 0.25) is 0 Å². The van der Waals surface area contributed by atoms with E-state index in [1.807, 2.05) is 72.8 Å². The highest BCUT2D eigenvalue weighted by atomic mass is 32.1. The molecule has 0 spiro atoms. The number of benzene rings is 2. The third kappa shape index (κ3) is 3.12. The molecule has 4 aromatic rings. The molecule has 6 heteroatoms. The Balaban J connectivity index is 1.90. The van der Waals surface area contributed by atoms with Gasteiger partial charge in [0.15, 0.2) is 11.6 Å². The summed E-state index contributed by atoms with van der Waals surface area (Å²) in [6, 6.07) is 23.3. The molecule has 2 aromatic carbocycles. The van der Waals surface area contributed by atoms with Crippen LogP contribution in [0, 0.1) is 0 Å². The van der Waals surface area contributed by atoms with Gasteiger partial charge >= 0.3 is 0 Å². The summed E-state index contributed by atoms with van der Waals surface area (Å²) >= 11 is 4.40. The van der Waals surface area contributed by atoms with Crippen molar-refractivity contribution >= 4 is 18.3 Å². The van der Waals surface area contributed by atoms with Crippen LogP contribution in [0.4, 0.5) is 0 Å². The van der Waals surface area contributed by atoms with Gasteiger partial charge in [-0.3, -0.25) is 0 Å². The van der Waals surface area contributed by atoms with E-state index in [2.05, 4.69) is 22.8 Å². The van der Waals surface area contributed by atoms with Crippen LogP contribution in [0.1, 0.15) is 11.3 Å². The Labute approximate surface area is 150 Å². The average molecular weight is 346 g/mol. The number of hydrogen-bond donors (Lipinski definition) is 1. The first-order chi connectivity index (χ1) is 12.3. The normalized spacial score (nSPS) is 11.6. The zero-order valence-corrected chi connectivity index (χ0v) is 14.0. The van der Waals surface area contributed by atoms with Crippen molar-refractivity contribution in [2.75, 3.05) is 0 Å². The van der Waals surface area contributed by atoms with Gasteiger partial charge in [-0.2, -0.15) is 9.78 Å². The van der Waals surface area contributed by atoms with Gasteiger partial charge in [-0.05, 0) is 12.1 Å². The Morgan fingerprint density at radius 2 is 1.60 bits per heavy atom. The summed E-state index contributed by atoms with van der Waals surface area (Å²) in [7, 11) is 0. The fourth-order valence-corrected chi connectivity index (χ4v) is 2.67. The van der Waals surface area contributed by atoms with E-state index in [1.165, 1.54) is 0 Å². The molecule has 0 atom stereocenters. The van der Waals surface area contributed by atoms with Gasteiger partial charge in [0.1, 0.15) is 5.71 Å². The van der Waals surface area contributed by atoms with Crippen LogP contribution in [0.15, 0.2) is 93.7 Å². The topological polar surface area (TPSA) is 56.2 Å². The van der Waals surface area contributed by atoms with E-state index in [1.54, 1.807) is 10.9 Å². The molecular formula is C19H14N4OS. The second-order valence-corrected chi connectivity index (χ2v) is 5.69. The van der Waals surface area contributed by atoms with Crippen LogP contribution in [0.3, 0.4) is 0 Å². The molecule has 2 aromatic heterocycles. The summed E-state index contributed by atoms with van der Waals surface area (Å²) < 4.78 is 7.19. The van der Waals surface area contributed by atoms with Gasteiger partial charge in [0, 0.05) is 11.1 Å². The Hall–Kier alpha value is -3.12. The maximum Gasteiger partial charge on any atom is 0.209 e. The Morgan fingerprint density at radius 1 is 0.880 bits per heavy atom. The first-order valence-corrected chi connectivity index (χ1v) is 8.16. The SMILES string of the molecule is Sc1nnc(-c2ccccc2)n1N=C(c1ccccc1)c1ccco1. The molecule has 122 valence electrons. The average Bonchev–Trinajstić information content (AvgIpc) is 3.31. The molecule has 0 aliphatic rings. The molecule has 0 radical (unpaired) electrons. The molecule has 0 amide bonds. The molecule has 0 aliphatic heterocycles. The minimum absolute atomic E-state index is 0.402. The molecule has 0 fully saturated rings. The quantitative estimate of drug-likeness (QED) is 0.446. The Morgan fingerprint density at radius 3 is 2.28 bits per heavy atom. The summed E-state index contributed by atoms with van der Waals surface area (Å²) in [4.78, 5) is 0. The van der Waals surface area contributed by atoms with E-state index in [4.69, 9.17) is 9.52 Å². The molecule has 4 rings (SSSR count). The number of thiol groups is 1. The van der Waals surface area contributed by atoms with E-state index < -0.39 is 0 Å². The van der Waals surface area contributed by atoms with Crippen molar-refractivity contribution in [1.29, 1.82) is 0 Å². The van der Waals surface area contributed by atoms with Crippen molar-refractivity contribution < 1.29 is 4.42 Å². The van der Waals surface area contributed by atoms with Crippen molar-refractivity contribution in [3.63, 3.8) is 0 Å². The number of aromatic nitrogens is 3. The smallest absolute Gasteiger partial charge is 0.209 e. The highest BCUT2D eigenvalue weighted by Crippen LogP contribution is 2.21. The lowest BCUT2D eigenvalue weighted by atomic mass is 10.1. The molecule has 0 N–H and O–H groups in total. The standard InChI is InChI=1S/C19H14N4OS/c25-19-21-20-18(15-10-5-2-6-11-15)23(19)22-17(16-12-7-13-24-16)14-8-3-1-4-9-14/h1-13H,(H,21,25). The van der Waals surface area contributed by atoms with Crippen molar-refractivity contribution in [3.05, 3.63) is 90.4 Å². The maximum absolute atomic E-state index is 5.57. The second-order valence-electron chi connectivity index (χ2n) is 5.29. The second kappa shape index (κ2) is 6.78. The molecule has 5 nitrogen and oxygen atoms in total. The zero-order chi connectivity index (χ0) is 17.1. The number of rotatable bonds is 4. The summed E-state index contributed by atoms with van der Waals surface area (Å²) in [5.41, 5.74) is 2.52. The van der Waals surface area contributed by atoms with Crippen molar-refractivity contribution in [3.8, 4) is 11.4 Å². The minimum Gasteiger partial charge on any atom is -0.463 e. The van der Waals surface area contributed by atoms with Gasteiger partial charge in [0.25, 0.3) is 0 Å². The summed E-state index contributed by atoms with van der Waals surface area (Å²) in [6.07, 6.45) is 1.62. The van der Waals surface area contributed by atoms with Gasteiger partial charge in [-0.25, -0.2) is 0 Å². The van der Waals surface area contributed by atoms with Crippen LogP contribution in [-0.2, 0) is 0 Å². The highest BCUT2D eigenvalue weighted by molar-refractivity contribution is 7.80. The first kappa shape index (κ1) is 15.4. The lowest BCUT2D eigenvalue weighted by Crippen LogP contribution is -2.06. The molecule has 0 unspecified atom stereocenters. The number of nitrogens with zero attached hydrogens (tertiary/aromatic N) is 4. The van der Waals surface area contributed by atoms with Crippen molar-refractivity contribution in [2.45, 2.75) is 5.16 Å². The van der Waals surface area contributed by atoms with Gasteiger partial charge < -0.3 is 4.42 Å². The lowest BCUT2D eigenvalue weighted by molar-refractivity contribution is 0.556. The van der Waals surface area contributed by atoms with E-state index >= 15 is 0 Å². The van der Waals surface area contributed by atoms with Gasteiger partial charge in [0.05, 0.1) is 6.26 Å². The third-order valence-electron chi connectivity index (χ3n) is 3.66. The number of furan rings is 1. The number of hydrogen-bond acceptors (Lipinski definition) is 5. The van der Waals surface area contributed by atoms with E-state index in [-0.39, 0.29) is 0 Å². The van der Waals surface area contributed by atoms with Gasteiger partial charge in [-0.1, -0.05) is 60.7 Å². The maximum atomic E-state index is 5.57. The van der Waals surface area contributed by atoms with E-state index in [9.17, 15) is 0 Å². The Bertz CT molecular complexity index is 993. The minimum atomic E-state index is 0.402. The summed E-state index contributed by atoms with van der Waals surface area (Å²) in [5.74, 6) is 1.28. The molecule has 25 heavy (non-hydrogen) atoms. The molecule has 0 saturated carbocycles. The van der Waals surface area contributed by atoms with Crippen LogP contribution >= 0.6 is 12.6 Å². The molecule has 0 saturated heterocycles. The van der Waals surface area contributed by atoms with Crippen LogP contribution < -0.4 is 0 Å². The molecular weight excluding hydrogens is 332 g/mol. The molecule has 0 aliphatic carbocycles. The molecule has 2 heterocycles. The lowest BCUT2D eigenvalue weighted by Gasteiger charge is -2.07.